The number of aromatic nitrogens is 4. The number of hydrogen-bond donors (Lipinski definition) is 2. The summed E-state index contributed by atoms with van der Waals surface area (Å²) in [7, 11) is 0. The van der Waals surface area contributed by atoms with Crippen molar-refractivity contribution in [3.63, 3.8) is 0 Å². The zero-order valence-corrected chi connectivity index (χ0v) is 18.5. The zero-order chi connectivity index (χ0) is 23.8. The molecule has 0 fully saturated rings. The van der Waals surface area contributed by atoms with Crippen LogP contribution in [0.15, 0.2) is 41.9 Å². The number of benzene rings is 2. The van der Waals surface area contributed by atoms with Crippen LogP contribution in [0, 0.1) is 0 Å². The first-order valence-corrected chi connectivity index (χ1v) is 10.7. The molecule has 0 saturated carbocycles. The largest absolute Gasteiger partial charge is 0.449 e. The Morgan fingerprint density at radius 1 is 1.06 bits per heavy atom. The quantitative estimate of drug-likeness (QED) is 0.385. The molecule has 2 aromatic heterocycles. The monoisotopic (exact) mass is 514 g/mol. The number of nitrogens with zero attached hydrogens (tertiary/aromatic N) is 4. The maximum absolute atomic E-state index is 13.7. The van der Waals surface area contributed by atoms with Gasteiger partial charge in [-0.15, -0.1) is 10.2 Å². The molecule has 2 aromatic carbocycles. The second kappa shape index (κ2) is 8.96. The lowest BCUT2D eigenvalue weighted by atomic mass is 10.2. The lowest BCUT2D eigenvalue weighted by molar-refractivity contribution is -0.147. The standard InChI is InChI=1S/C19H11Cl2F3N6O2S/c20-9-3-1-4-10(21)14(9)16(32)26-11-5-2-6-12-15(11)28-17(19(22,23)24)30(12)7-13(31)27-18-29-25-8-33-18/h1-6,8H,7H2,(H,26,32)(H,27,29,31). The van der Waals surface area contributed by atoms with E-state index in [0.29, 0.717) is 4.57 Å². The van der Waals surface area contributed by atoms with Gasteiger partial charge in [-0.2, -0.15) is 13.2 Å². The molecule has 4 rings (SSSR count). The molecule has 33 heavy (non-hydrogen) atoms. The van der Waals surface area contributed by atoms with Crippen LogP contribution in [-0.2, 0) is 17.5 Å². The second-order valence-corrected chi connectivity index (χ2v) is 8.18. The van der Waals surface area contributed by atoms with E-state index in [9.17, 15) is 22.8 Å². The number of alkyl halides is 3. The van der Waals surface area contributed by atoms with Crippen LogP contribution in [0.25, 0.3) is 11.0 Å². The van der Waals surface area contributed by atoms with Gasteiger partial charge in [-0.25, -0.2) is 4.98 Å². The molecule has 2 N–H and O–H groups in total. The summed E-state index contributed by atoms with van der Waals surface area (Å²) in [6, 6.07) is 8.61. The van der Waals surface area contributed by atoms with Crippen LogP contribution in [-0.4, -0.2) is 31.6 Å². The van der Waals surface area contributed by atoms with Gasteiger partial charge in [-0.3, -0.25) is 14.9 Å². The molecule has 0 unspecified atom stereocenters. The fourth-order valence-electron chi connectivity index (χ4n) is 3.05. The third-order valence-corrected chi connectivity index (χ3v) is 5.62. The summed E-state index contributed by atoms with van der Waals surface area (Å²) in [5.74, 6) is -2.79. The molecular formula is C19H11Cl2F3N6O2S. The van der Waals surface area contributed by atoms with Gasteiger partial charge in [-0.1, -0.05) is 46.7 Å². The molecule has 0 saturated heterocycles. The first kappa shape index (κ1) is 23.0. The highest BCUT2D eigenvalue weighted by molar-refractivity contribution is 7.13. The molecule has 0 radical (unpaired) electrons. The van der Waals surface area contributed by atoms with Crippen molar-refractivity contribution >= 4 is 68.2 Å². The lowest BCUT2D eigenvalue weighted by Gasteiger charge is -2.11. The molecular weight excluding hydrogens is 504 g/mol. The number of carbonyl (C=O) groups is 2. The minimum Gasteiger partial charge on any atom is -0.320 e. The van der Waals surface area contributed by atoms with Gasteiger partial charge in [0.2, 0.25) is 16.9 Å². The normalized spacial score (nSPS) is 11.5. The fourth-order valence-corrected chi connectivity index (χ4v) is 4.08. The Balaban J connectivity index is 1.73. The van der Waals surface area contributed by atoms with Crippen LogP contribution in [0.4, 0.5) is 24.0 Å². The second-order valence-electron chi connectivity index (χ2n) is 6.54. The number of carbonyl (C=O) groups excluding carboxylic acids is 2. The third kappa shape index (κ3) is 4.77. The average Bonchev–Trinajstić information content (AvgIpc) is 3.36. The van der Waals surface area contributed by atoms with Crippen molar-refractivity contribution in [3.05, 3.63) is 63.3 Å². The molecule has 0 spiro atoms. The summed E-state index contributed by atoms with van der Waals surface area (Å²) in [5.41, 5.74) is 1.14. The van der Waals surface area contributed by atoms with Crippen LogP contribution >= 0.6 is 34.5 Å². The fraction of sp³-hybridized carbons (Fsp3) is 0.105. The Kier molecular flexibility index (Phi) is 6.23. The first-order valence-electron chi connectivity index (χ1n) is 9.03. The van der Waals surface area contributed by atoms with Gasteiger partial charge in [0.25, 0.3) is 5.91 Å². The molecule has 170 valence electrons. The number of halogens is 5. The summed E-state index contributed by atoms with van der Waals surface area (Å²) < 4.78 is 41.9. The summed E-state index contributed by atoms with van der Waals surface area (Å²) >= 11 is 13.1. The van der Waals surface area contributed by atoms with Gasteiger partial charge in [0.1, 0.15) is 17.6 Å². The van der Waals surface area contributed by atoms with Gasteiger partial charge >= 0.3 is 6.18 Å². The minimum atomic E-state index is -4.87. The van der Waals surface area contributed by atoms with Gasteiger partial charge in [0, 0.05) is 0 Å². The van der Waals surface area contributed by atoms with Crippen molar-refractivity contribution in [1.29, 1.82) is 0 Å². The summed E-state index contributed by atoms with van der Waals surface area (Å²) in [5, 5.41) is 12.3. The molecule has 0 aliphatic carbocycles. The predicted octanol–water partition coefficient (Wildman–Crippen LogP) is 5.10. The van der Waals surface area contributed by atoms with Crippen molar-refractivity contribution < 1.29 is 22.8 Å². The molecule has 0 atom stereocenters. The van der Waals surface area contributed by atoms with E-state index in [-0.39, 0.29) is 37.5 Å². The Morgan fingerprint density at radius 2 is 1.76 bits per heavy atom. The highest BCUT2D eigenvalue weighted by Crippen LogP contribution is 2.34. The first-order chi connectivity index (χ1) is 15.6. The Morgan fingerprint density at radius 3 is 2.39 bits per heavy atom. The van der Waals surface area contributed by atoms with Crippen molar-refractivity contribution in [1.82, 2.24) is 19.7 Å². The summed E-state index contributed by atoms with van der Waals surface area (Å²) in [6.07, 6.45) is -4.87. The topological polar surface area (TPSA) is 102 Å². The molecule has 2 amide bonds. The van der Waals surface area contributed by atoms with E-state index in [1.165, 1.54) is 35.8 Å². The number of fused-ring (bicyclic) bond motifs is 1. The number of imidazole rings is 1. The molecule has 0 bridgehead atoms. The summed E-state index contributed by atoms with van der Waals surface area (Å²) in [6.45, 7) is -0.696. The van der Waals surface area contributed by atoms with E-state index in [2.05, 4.69) is 25.8 Å². The van der Waals surface area contributed by atoms with E-state index in [1.807, 2.05) is 0 Å². The maximum atomic E-state index is 13.7. The van der Waals surface area contributed by atoms with Gasteiger partial charge < -0.3 is 9.88 Å². The van der Waals surface area contributed by atoms with Crippen LogP contribution < -0.4 is 10.6 Å². The van der Waals surface area contributed by atoms with Crippen molar-refractivity contribution in [2.45, 2.75) is 12.7 Å². The lowest BCUT2D eigenvalue weighted by Crippen LogP contribution is -2.23. The van der Waals surface area contributed by atoms with E-state index in [0.717, 1.165) is 11.3 Å². The molecule has 8 nitrogen and oxygen atoms in total. The van der Waals surface area contributed by atoms with Gasteiger partial charge in [-0.05, 0) is 24.3 Å². The molecule has 0 aliphatic rings. The van der Waals surface area contributed by atoms with Crippen LogP contribution in [0.2, 0.25) is 10.0 Å². The van der Waals surface area contributed by atoms with Crippen molar-refractivity contribution in [3.8, 4) is 0 Å². The van der Waals surface area contributed by atoms with E-state index in [4.69, 9.17) is 23.2 Å². The number of para-hydroxylation sites is 1. The van der Waals surface area contributed by atoms with E-state index >= 15 is 0 Å². The highest BCUT2D eigenvalue weighted by Gasteiger charge is 2.38. The van der Waals surface area contributed by atoms with Crippen LogP contribution in [0.5, 0.6) is 0 Å². The Labute approximate surface area is 197 Å². The Bertz CT molecular complexity index is 1340. The van der Waals surface area contributed by atoms with Crippen molar-refractivity contribution in [2.75, 3.05) is 10.6 Å². The third-order valence-electron chi connectivity index (χ3n) is 4.38. The number of hydrogen-bond acceptors (Lipinski definition) is 6. The SMILES string of the molecule is O=C(Cn1c(C(F)(F)F)nc2c(NC(=O)c3c(Cl)cccc3Cl)cccc21)Nc1nncs1. The molecule has 4 aromatic rings. The Hall–Kier alpha value is -3.22. The number of amides is 2. The molecule has 0 aliphatic heterocycles. The number of anilines is 2. The van der Waals surface area contributed by atoms with Crippen LogP contribution in [0.3, 0.4) is 0 Å². The predicted molar refractivity (Wildman–Crippen MR) is 118 cm³/mol. The maximum Gasteiger partial charge on any atom is 0.449 e. The number of nitrogens with one attached hydrogen (secondary N) is 2. The van der Waals surface area contributed by atoms with Gasteiger partial charge in [0.05, 0.1) is 26.8 Å². The van der Waals surface area contributed by atoms with Gasteiger partial charge in [0.15, 0.2) is 0 Å². The number of rotatable bonds is 5. The highest BCUT2D eigenvalue weighted by atomic mass is 35.5. The van der Waals surface area contributed by atoms with E-state index < -0.39 is 30.4 Å². The van der Waals surface area contributed by atoms with Crippen LogP contribution in [0.1, 0.15) is 16.2 Å². The molecule has 2 heterocycles. The van der Waals surface area contributed by atoms with E-state index in [1.54, 1.807) is 6.07 Å². The van der Waals surface area contributed by atoms with Crippen molar-refractivity contribution in [2.24, 2.45) is 0 Å². The molecule has 14 heteroatoms. The minimum absolute atomic E-state index is 0.0118. The summed E-state index contributed by atoms with van der Waals surface area (Å²) in [4.78, 5) is 28.7. The smallest absolute Gasteiger partial charge is 0.320 e. The zero-order valence-electron chi connectivity index (χ0n) is 16.2. The average molecular weight is 515 g/mol.